The molecule has 5 heteroatoms. The van der Waals surface area contributed by atoms with Crippen LogP contribution >= 0.6 is 11.6 Å². The maximum atomic E-state index is 11.7. The SMILES string of the molecule is CCC(CC)(C(=O)O)n1cc(Cl)ccc1=O. The standard InChI is InChI=1S/C11H14ClNO3/c1-3-11(4-2,10(15)16)13-7-8(12)5-6-9(13)14/h5-7H,3-4H2,1-2H3,(H,15,16). The van der Waals surface area contributed by atoms with Gasteiger partial charge in [-0.3, -0.25) is 9.36 Å². The van der Waals surface area contributed by atoms with Crippen molar-refractivity contribution in [1.29, 1.82) is 0 Å². The fourth-order valence-corrected chi connectivity index (χ4v) is 1.95. The summed E-state index contributed by atoms with van der Waals surface area (Å²) in [4.78, 5) is 23.0. The average Bonchev–Trinajstić information content (AvgIpc) is 2.25. The Morgan fingerprint density at radius 3 is 2.44 bits per heavy atom. The number of nitrogens with zero attached hydrogens (tertiary/aromatic N) is 1. The number of aliphatic carboxylic acids is 1. The van der Waals surface area contributed by atoms with Crippen LogP contribution in [0.2, 0.25) is 5.02 Å². The number of carbonyl (C=O) groups is 1. The molecule has 0 aliphatic carbocycles. The minimum atomic E-state index is -1.21. The highest BCUT2D eigenvalue weighted by atomic mass is 35.5. The molecule has 1 N–H and O–H groups in total. The van der Waals surface area contributed by atoms with E-state index in [1.165, 1.54) is 22.9 Å². The molecule has 0 radical (unpaired) electrons. The summed E-state index contributed by atoms with van der Waals surface area (Å²) in [6.45, 7) is 3.48. The van der Waals surface area contributed by atoms with Gasteiger partial charge in [-0.05, 0) is 18.9 Å². The van der Waals surface area contributed by atoms with Gasteiger partial charge in [0.2, 0.25) is 0 Å². The molecule has 0 atom stereocenters. The maximum Gasteiger partial charge on any atom is 0.329 e. The number of hydrogen-bond acceptors (Lipinski definition) is 2. The topological polar surface area (TPSA) is 59.3 Å². The third kappa shape index (κ3) is 1.97. The first-order valence-corrected chi connectivity index (χ1v) is 5.47. The number of carboxylic acids is 1. The van der Waals surface area contributed by atoms with Gasteiger partial charge in [0.25, 0.3) is 5.56 Å². The lowest BCUT2D eigenvalue weighted by atomic mass is 9.92. The van der Waals surface area contributed by atoms with Crippen LogP contribution in [-0.4, -0.2) is 15.6 Å². The molecule has 4 nitrogen and oxygen atoms in total. The first kappa shape index (κ1) is 12.8. The predicted molar refractivity (Wildman–Crippen MR) is 61.9 cm³/mol. The maximum absolute atomic E-state index is 11.7. The van der Waals surface area contributed by atoms with E-state index in [0.717, 1.165) is 0 Å². The zero-order chi connectivity index (χ0) is 12.3. The van der Waals surface area contributed by atoms with Gasteiger partial charge in [-0.1, -0.05) is 25.4 Å². The minimum Gasteiger partial charge on any atom is -0.479 e. The van der Waals surface area contributed by atoms with E-state index < -0.39 is 11.5 Å². The van der Waals surface area contributed by atoms with Gasteiger partial charge in [-0.15, -0.1) is 0 Å². The molecule has 0 saturated carbocycles. The second-order valence-corrected chi connectivity index (χ2v) is 4.04. The van der Waals surface area contributed by atoms with Gasteiger partial charge in [0, 0.05) is 12.3 Å². The van der Waals surface area contributed by atoms with E-state index >= 15 is 0 Å². The lowest BCUT2D eigenvalue weighted by Crippen LogP contribution is -2.46. The van der Waals surface area contributed by atoms with Crippen LogP contribution in [0.3, 0.4) is 0 Å². The highest BCUT2D eigenvalue weighted by Crippen LogP contribution is 2.24. The smallest absolute Gasteiger partial charge is 0.329 e. The van der Waals surface area contributed by atoms with Crippen molar-refractivity contribution < 1.29 is 9.90 Å². The molecule has 1 rings (SSSR count). The summed E-state index contributed by atoms with van der Waals surface area (Å²) in [5.74, 6) is -1.01. The third-order valence-corrected chi connectivity index (χ3v) is 3.13. The predicted octanol–water partition coefficient (Wildman–Crippen LogP) is 2.10. The Kier molecular flexibility index (Phi) is 3.75. The molecule has 1 heterocycles. The fraction of sp³-hybridized carbons (Fsp3) is 0.455. The van der Waals surface area contributed by atoms with Crippen LogP contribution in [0.15, 0.2) is 23.1 Å². The van der Waals surface area contributed by atoms with E-state index in [2.05, 4.69) is 0 Å². The number of halogens is 1. The van der Waals surface area contributed by atoms with Gasteiger partial charge in [0.05, 0.1) is 5.02 Å². The van der Waals surface area contributed by atoms with E-state index in [1.54, 1.807) is 13.8 Å². The van der Waals surface area contributed by atoms with Crippen LogP contribution in [0.1, 0.15) is 26.7 Å². The molecular formula is C11H14ClNO3. The van der Waals surface area contributed by atoms with Crippen LogP contribution in [-0.2, 0) is 10.3 Å². The van der Waals surface area contributed by atoms with Crippen molar-refractivity contribution in [3.63, 3.8) is 0 Å². The summed E-state index contributed by atoms with van der Waals surface area (Å²) in [7, 11) is 0. The van der Waals surface area contributed by atoms with Crippen molar-refractivity contribution in [3.8, 4) is 0 Å². The molecule has 0 bridgehead atoms. The largest absolute Gasteiger partial charge is 0.479 e. The molecule has 1 aromatic rings. The Hall–Kier alpha value is -1.29. The van der Waals surface area contributed by atoms with Gasteiger partial charge in [-0.2, -0.15) is 0 Å². The van der Waals surface area contributed by atoms with Gasteiger partial charge in [0.15, 0.2) is 0 Å². The second-order valence-electron chi connectivity index (χ2n) is 3.60. The van der Waals surface area contributed by atoms with Crippen molar-refractivity contribution in [2.75, 3.05) is 0 Å². The van der Waals surface area contributed by atoms with Gasteiger partial charge in [-0.25, -0.2) is 4.79 Å². The van der Waals surface area contributed by atoms with Gasteiger partial charge >= 0.3 is 5.97 Å². The molecule has 0 spiro atoms. The highest BCUT2D eigenvalue weighted by molar-refractivity contribution is 6.30. The molecule has 16 heavy (non-hydrogen) atoms. The summed E-state index contributed by atoms with van der Waals surface area (Å²) < 4.78 is 1.21. The lowest BCUT2D eigenvalue weighted by Gasteiger charge is -2.29. The zero-order valence-corrected chi connectivity index (χ0v) is 9.99. The van der Waals surface area contributed by atoms with Crippen LogP contribution in [0.4, 0.5) is 0 Å². The quantitative estimate of drug-likeness (QED) is 0.881. The van der Waals surface area contributed by atoms with Crippen molar-refractivity contribution in [1.82, 2.24) is 4.57 Å². The summed E-state index contributed by atoms with van der Waals surface area (Å²) in [5.41, 5.74) is -1.56. The lowest BCUT2D eigenvalue weighted by molar-refractivity contribution is -0.148. The zero-order valence-electron chi connectivity index (χ0n) is 9.24. The molecule has 0 fully saturated rings. The normalized spacial score (nSPS) is 11.4. The van der Waals surface area contributed by atoms with Gasteiger partial charge in [0.1, 0.15) is 5.54 Å². The molecule has 88 valence electrons. The number of rotatable bonds is 4. The summed E-state index contributed by atoms with van der Waals surface area (Å²) >= 11 is 5.79. The number of hydrogen-bond donors (Lipinski definition) is 1. The van der Waals surface area contributed by atoms with E-state index in [4.69, 9.17) is 11.6 Å². The van der Waals surface area contributed by atoms with E-state index in [9.17, 15) is 14.7 Å². The van der Waals surface area contributed by atoms with Crippen LogP contribution in [0.25, 0.3) is 0 Å². The molecule has 0 aliphatic rings. The molecule has 0 amide bonds. The van der Waals surface area contributed by atoms with E-state index in [0.29, 0.717) is 17.9 Å². The number of aromatic nitrogens is 1. The molecule has 0 saturated heterocycles. The highest BCUT2D eigenvalue weighted by Gasteiger charge is 2.37. The Morgan fingerprint density at radius 2 is 2.00 bits per heavy atom. The van der Waals surface area contributed by atoms with Gasteiger partial charge < -0.3 is 5.11 Å². The Balaban J connectivity index is 3.48. The monoisotopic (exact) mass is 243 g/mol. The first-order valence-electron chi connectivity index (χ1n) is 5.10. The number of carboxylic acid groups (broad SMARTS) is 1. The second kappa shape index (κ2) is 4.70. The van der Waals surface area contributed by atoms with Crippen LogP contribution in [0, 0.1) is 0 Å². The van der Waals surface area contributed by atoms with Crippen molar-refractivity contribution in [2.45, 2.75) is 32.2 Å². The Bertz CT molecular complexity index is 449. The van der Waals surface area contributed by atoms with Crippen molar-refractivity contribution in [2.24, 2.45) is 0 Å². The Morgan fingerprint density at radius 1 is 1.44 bits per heavy atom. The van der Waals surface area contributed by atoms with Crippen molar-refractivity contribution in [3.05, 3.63) is 33.7 Å². The molecule has 1 aromatic heterocycles. The molecule has 0 unspecified atom stereocenters. The van der Waals surface area contributed by atoms with Crippen LogP contribution in [0.5, 0.6) is 0 Å². The molecular weight excluding hydrogens is 230 g/mol. The summed E-state index contributed by atoms with van der Waals surface area (Å²) in [6.07, 6.45) is 2.04. The minimum absolute atomic E-state index is 0.332. The summed E-state index contributed by atoms with van der Waals surface area (Å²) in [5, 5.41) is 9.64. The van der Waals surface area contributed by atoms with Crippen molar-refractivity contribution >= 4 is 17.6 Å². The van der Waals surface area contributed by atoms with E-state index in [1.807, 2.05) is 0 Å². The third-order valence-electron chi connectivity index (χ3n) is 2.90. The number of pyridine rings is 1. The van der Waals surface area contributed by atoms with E-state index in [-0.39, 0.29) is 5.56 Å². The fourth-order valence-electron chi connectivity index (χ4n) is 1.79. The Labute approximate surface area is 98.5 Å². The molecule has 0 aromatic carbocycles. The summed E-state index contributed by atoms with van der Waals surface area (Å²) in [6, 6.07) is 2.74. The molecule has 0 aliphatic heterocycles. The first-order chi connectivity index (χ1) is 7.47. The average molecular weight is 244 g/mol. The van der Waals surface area contributed by atoms with Crippen LogP contribution < -0.4 is 5.56 Å².